The van der Waals surface area contributed by atoms with Crippen LogP contribution in [-0.2, 0) is 4.79 Å². The van der Waals surface area contributed by atoms with Crippen LogP contribution in [-0.4, -0.2) is 26.0 Å². The van der Waals surface area contributed by atoms with E-state index in [1.807, 2.05) is 62.4 Å². The Kier molecular flexibility index (Phi) is 5.60. The number of thioether (sulfide) groups is 1. The van der Waals surface area contributed by atoms with Gasteiger partial charge >= 0.3 is 0 Å². The molecule has 1 aliphatic rings. The Morgan fingerprint density at radius 1 is 1.00 bits per heavy atom. The van der Waals surface area contributed by atoms with Crippen molar-refractivity contribution in [3.63, 3.8) is 0 Å². The number of carbonyl (C=O) groups is 1. The molecule has 4 aromatic rings. The van der Waals surface area contributed by atoms with Gasteiger partial charge in [-0.2, -0.15) is 0 Å². The van der Waals surface area contributed by atoms with Gasteiger partial charge in [0.2, 0.25) is 11.1 Å². The Labute approximate surface area is 195 Å². The number of amides is 1. The molecule has 2 atom stereocenters. The highest BCUT2D eigenvalue weighted by Gasteiger charge is 2.38. The molecule has 0 bridgehead atoms. The SMILES string of the molecule is Cc1cccc(NC(=O)[C@@H]2Sc3nnc(-c4ccccc4)n3N[C@@H]2c2ccc(F)cc2)c1C. The van der Waals surface area contributed by atoms with Gasteiger partial charge in [-0.15, -0.1) is 10.2 Å². The lowest BCUT2D eigenvalue weighted by molar-refractivity contribution is -0.116. The van der Waals surface area contributed by atoms with Crippen molar-refractivity contribution in [2.24, 2.45) is 0 Å². The molecule has 0 aliphatic carbocycles. The quantitative estimate of drug-likeness (QED) is 0.444. The van der Waals surface area contributed by atoms with E-state index in [1.165, 1.54) is 23.9 Å². The van der Waals surface area contributed by atoms with E-state index in [2.05, 4.69) is 20.9 Å². The molecule has 6 nitrogen and oxygen atoms in total. The highest BCUT2D eigenvalue weighted by molar-refractivity contribution is 8.00. The molecule has 2 heterocycles. The van der Waals surface area contributed by atoms with E-state index in [-0.39, 0.29) is 11.7 Å². The van der Waals surface area contributed by atoms with Crippen molar-refractivity contribution in [3.8, 4) is 11.4 Å². The van der Waals surface area contributed by atoms with E-state index in [0.29, 0.717) is 11.0 Å². The van der Waals surface area contributed by atoms with Gasteiger partial charge in [0.1, 0.15) is 11.1 Å². The molecule has 5 rings (SSSR count). The Bertz CT molecular complexity index is 1310. The molecule has 2 N–H and O–H groups in total. The third kappa shape index (κ3) is 4.09. The van der Waals surface area contributed by atoms with Gasteiger partial charge < -0.3 is 10.7 Å². The first kappa shape index (κ1) is 21.2. The summed E-state index contributed by atoms with van der Waals surface area (Å²) in [5, 5.41) is 11.8. The molecule has 0 unspecified atom stereocenters. The summed E-state index contributed by atoms with van der Waals surface area (Å²) in [6.07, 6.45) is 0. The number of nitrogens with zero attached hydrogens (tertiary/aromatic N) is 3. The monoisotopic (exact) mass is 459 g/mol. The first-order chi connectivity index (χ1) is 16.0. The summed E-state index contributed by atoms with van der Waals surface area (Å²) in [5.74, 6) is 0.165. The number of fused-ring (bicyclic) bond motifs is 1. The third-order valence-corrected chi connectivity index (χ3v) is 7.03. The summed E-state index contributed by atoms with van der Waals surface area (Å²) in [7, 11) is 0. The van der Waals surface area contributed by atoms with Gasteiger partial charge in [0.05, 0.1) is 6.04 Å². The fourth-order valence-electron chi connectivity index (χ4n) is 3.84. The van der Waals surface area contributed by atoms with Crippen molar-refractivity contribution in [1.29, 1.82) is 0 Å². The van der Waals surface area contributed by atoms with Crippen LogP contribution in [0.1, 0.15) is 22.7 Å². The number of nitrogens with one attached hydrogen (secondary N) is 2. The van der Waals surface area contributed by atoms with Crippen molar-refractivity contribution in [2.75, 3.05) is 10.7 Å². The van der Waals surface area contributed by atoms with Crippen LogP contribution in [0.3, 0.4) is 0 Å². The minimum absolute atomic E-state index is 0.161. The van der Waals surface area contributed by atoms with Gasteiger partial charge in [-0.25, -0.2) is 9.07 Å². The van der Waals surface area contributed by atoms with Gasteiger partial charge in [-0.3, -0.25) is 4.79 Å². The first-order valence-corrected chi connectivity index (χ1v) is 11.5. The molecule has 0 fully saturated rings. The Morgan fingerprint density at radius 3 is 2.52 bits per heavy atom. The molecule has 1 aromatic heterocycles. The highest BCUT2D eigenvalue weighted by atomic mass is 32.2. The van der Waals surface area contributed by atoms with Crippen molar-refractivity contribution >= 4 is 23.4 Å². The zero-order valence-electron chi connectivity index (χ0n) is 18.1. The van der Waals surface area contributed by atoms with Crippen molar-refractivity contribution in [3.05, 3.63) is 95.3 Å². The molecule has 1 aliphatic heterocycles. The molecular weight excluding hydrogens is 437 g/mol. The van der Waals surface area contributed by atoms with Crippen LogP contribution >= 0.6 is 11.8 Å². The molecule has 33 heavy (non-hydrogen) atoms. The van der Waals surface area contributed by atoms with Gasteiger partial charge in [-0.1, -0.05) is 66.4 Å². The average molecular weight is 460 g/mol. The summed E-state index contributed by atoms with van der Waals surface area (Å²) in [5.41, 5.74) is 8.00. The van der Waals surface area contributed by atoms with Crippen LogP contribution in [0, 0.1) is 19.7 Å². The van der Waals surface area contributed by atoms with E-state index < -0.39 is 11.3 Å². The summed E-state index contributed by atoms with van der Waals surface area (Å²) < 4.78 is 15.4. The largest absolute Gasteiger partial charge is 0.325 e. The predicted molar refractivity (Wildman–Crippen MR) is 128 cm³/mol. The Hall–Kier alpha value is -3.65. The van der Waals surface area contributed by atoms with E-state index in [0.717, 1.165) is 27.9 Å². The van der Waals surface area contributed by atoms with Crippen LogP contribution in [0.15, 0.2) is 78.0 Å². The molecule has 0 saturated heterocycles. The number of benzene rings is 3. The fourth-order valence-corrected chi connectivity index (χ4v) is 4.92. The number of carbonyl (C=O) groups excluding carboxylic acids is 1. The predicted octanol–water partition coefficient (Wildman–Crippen LogP) is 5.10. The fraction of sp³-hybridized carbons (Fsp3) is 0.160. The summed E-state index contributed by atoms with van der Waals surface area (Å²) >= 11 is 1.34. The molecule has 1 amide bonds. The molecule has 8 heteroatoms. The number of aromatic nitrogens is 3. The zero-order chi connectivity index (χ0) is 22.9. The van der Waals surface area contributed by atoms with Crippen LogP contribution in [0.4, 0.5) is 10.1 Å². The Balaban J connectivity index is 1.52. The maximum Gasteiger partial charge on any atom is 0.240 e. The first-order valence-electron chi connectivity index (χ1n) is 10.6. The van der Waals surface area contributed by atoms with Crippen molar-refractivity contribution < 1.29 is 9.18 Å². The van der Waals surface area contributed by atoms with E-state index in [9.17, 15) is 9.18 Å². The van der Waals surface area contributed by atoms with Gasteiger partial charge in [0, 0.05) is 11.3 Å². The van der Waals surface area contributed by atoms with E-state index in [1.54, 1.807) is 16.8 Å². The highest BCUT2D eigenvalue weighted by Crippen LogP contribution is 2.39. The minimum atomic E-state index is -0.546. The number of aryl methyl sites for hydroxylation is 1. The van der Waals surface area contributed by atoms with E-state index in [4.69, 9.17) is 0 Å². The second-order valence-corrected chi connectivity index (χ2v) is 9.05. The van der Waals surface area contributed by atoms with Crippen LogP contribution < -0.4 is 10.7 Å². The summed E-state index contributed by atoms with van der Waals surface area (Å²) in [4.78, 5) is 13.5. The van der Waals surface area contributed by atoms with Gasteiger partial charge in [-0.05, 0) is 48.7 Å². The van der Waals surface area contributed by atoms with Crippen LogP contribution in [0.2, 0.25) is 0 Å². The number of hydrogen-bond acceptors (Lipinski definition) is 5. The number of halogens is 1. The third-order valence-electron chi connectivity index (χ3n) is 5.82. The molecule has 166 valence electrons. The molecule has 0 spiro atoms. The van der Waals surface area contributed by atoms with E-state index >= 15 is 0 Å². The lowest BCUT2D eigenvalue weighted by atomic mass is 10.0. The normalized spacial score (nSPS) is 17.2. The number of rotatable bonds is 4. The second kappa shape index (κ2) is 8.71. The lowest BCUT2D eigenvalue weighted by Gasteiger charge is -2.33. The summed E-state index contributed by atoms with van der Waals surface area (Å²) in [6.45, 7) is 3.99. The molecular formula is C25H22FN5OS. The maximum absolute atomic E-state index is 13.6. The van der Waals surface area contributed by atoms with Crippen molar-refractivity contribution in [2.45, 2.75) is 30.3 Å². The average Bonchev–Trinajstić information content (AvgIpc) is 3.25. The van der Waals surface area contributed by atoms with Crippen LogP contribution in [0.25, 0.3) is 11.4 Å². The van der Waals surface area contributed by atoms with Crippen molar-refractivity contribution in [1.82, 2.24) is 14.9 Å². The summed E-state index contributed by atoms with van der Waals surface area (Å²) in [6, 6.07) is 21.3. The van der Waals surface area contributed by atoms with Gasteiger partial charge in [0.25, 0.3) is 0 Å². The smallest absolute Gasteiger partial charge is 0.240 e. The Morgan fingerprint density at radius 2 is 1.76 bits per heavy atom. The minimum Gasteiger partial charge on any atom is -0.325 e. The van der Waals surface area contributed by atoms with Gasteiger partial charge in [0.15, 0.2) is 5.82 Å². The standard InChI is InChI=1S/C25H22FN5OS/c1-15-7-6-10-20(16(15)2)27-24(32)22-21(17-11-13-19(26)14-12-17)30-31-23(28-29-25(31)33-22)18-8-4-3-5-9-18/h3-14,21-22,30H,1-2H3,(H,27,32)/t21-,22-/m1/s1. The van der Waals surface area contributed by atoms with Crippen LogP contribution in [0.5, 0.6) is 0 Å². The molecule has 0 radical (unpaired) electrons. The topological polar surface area (TPSA) is 71.8 Å². The maximum atomic E-state index is 13.6. The number of hydrogen-bond donors (Lipinski definition) is 2. The molecule has 0 saturated carbocycles. The zero-order valence-corrected chi connectivity index (χ0v) is 18.9. The lowest BCUT2D eigenvalue weighted by Crippen LogP contribution is -2.41. The molecule has 3 aromatic carbocycles. The second-order valence-electron chi connectivity index (χ2n) is 7.94. The number of anilines is 1.